The van der Waals surface area contributed by atoms with Crippen LogP contribution in [0.15, 0.2) is 48.5 Å². The minimum Gasteiger partial charge on any atom is -0.507 e. The summed E-state index contributed by atoms with van der Waals surface area (Å²) in [5, 5.41) is 12.5. The summed E-state index contributed by atoms with van der Waals surface area (Å²) in [5.41, 5.74) is 0.655. The van der Waals surface area contributed by atoms with Crippen molar-refractivity contribution in [2.45, 2.75) is 18.9 Å². The van der Waals surface area contributed by atoms with Crippen molar-refractivity contribution in [2.24, 2.45) is 0 Å². The number of amides is 2. The van der Waals surface area contributed by atoms with Crippen molar-refractivity contribution >= 4 is 17.5 Å². The molecule has 5 nitrogen and oxygen atoms in total. The predicted molar refractivity (Wildman–Crippen MR) is 87.2 cm³/mol. The summed E-state index contributed by atoms with van der Waals surface area (Å²) in [7, 11) is 0. The predicted octanol–water partition coefficient (Wildman–Crippen LogP) is 2.77. The van der Waals surface area contributed by atoms with Gasteiger partial charge in [0.05, 0.1) is 5.56 Å². The van der Waals surface area contributed by atoms with Gasteiger partial charge >= 0.3 is 0 Å². The van der Waals surface area contributed by atoms with Gasteiger partial charge < -0.3 is 15.3 Å². The van der Waals surface area contributed by atoms with Crippen molar-refractivity contribution in [2.75, 3.05) is 11.9 Å². The fourth-order valence-corrected chi connectivity index (χ4v) is 2.85. The van der Waals surface area contributed by atoms with Gasteiger partial charge in [-0.25, -0.2) is 4.39 Å². The van der Waals surface area contributed by atoms with Gasteiger partial charge in [0.1, 0.15) is 17.6 Å². The van der Waals surface area contributed by atoms with E-state index >= 15 is 0 Å². The SMILES string of the molecule is O=C(Nc1ccc(F)cc1)C1CCCN1C(=O)c1ccccc1O. The molecule has 124 valence electrons. The molecule has 1 aliphatic rings. The summed E-state index contributed by atoms with van der Waals surface area (Å²) in [6.07, 6.45) is 1.26. The number of benzene rings is 2. The molecule has 6 heteroatoms. The smallest absolute Gasteiger partial charge is 0.258 e. The second-order valence-corrected chi connectivity index (χ2v) is 5.67. The van der Waals surface area contributed by atoms with Gasteiger partial charge in [0.15, 0.2) is 0 Å². The molecule has 0 radical (unpaired) electrons. The Balaban J connectivity index is 1.75. The number of likely N-dealkylation sites (tertiary alicyclic amines) is 1. The summed E-state index contributed by atoms with van der Waals surface area (Å²) >= 11 is 0. The molecule has 2 amide bonds. The summed E-state index contributed by atoms with van der Waals surface area (Å²) < 4.78 is 12.9. The first kappa shape index (κ1) is 16.0. The Morgan fingerprint density at radius 1 is 1.12 bits per heavy atom. The molecule has 2 N–H and O–H groups in total. The van der Waals surface area contributed by atoms with Gasteiger partial charge in [0.2, 0.25) is 5.91 Å². The van der Waals surface area contributed by atoms with E-state index in [-0.39, 0.29) is 28.9 Å². The highest BCUT2D eigenvalue weighted by atomic mass is 19.1. The first-order chi connectivity index (χ1) is 11.6. The molecule has 0 saturated carbocycles. The van der Waals surface area contributed by atoms with Crippen LogP contribution in [-0.4, -0.2) is 34.4 Å². The lowest BCUT2D eigenvalue weighted by atomic mass is 10.1. The number of para-hydroxylation sites is 1. The summed E-state index contributed by atoms with van der Waals surface area (Å²) in [5.74, 6) is -1.18. The first-order valence-electron chi connectivity index (χ1n) is 7.71. The third-order valence-corrected chi connectivity index (χ3v) is 4.06. The maximum absolute atomic E-state index is 12.9. The Kier molecular flexibility index (Phi) is 4.46. The van der Waals surface area contributed by atoms with Crippen LogP contribution in [0.1, 0.15) is 23.2 Å². The van der Waals surface area contributed by atoms with Gasteiger partial charge in [-0.3, -0.25) is 9.59 Å². The van der Waals surface area contributed by atoms with Gasteiger partial charge in [-0.1, -0.05) is 12.1 Å². The monoisotopic (exact) mass is 328 g/mol. The zero-order valence-electron chi connectivity index (χ0n) is 12.9. The average Bonchev–Trinajstić information content (AvgIpc) is 3.06. The molecule has 0 aliphatic carbocycles. The number of phenolic OH excluding ortho intramolecular Hbond substituents is 1. The summed E-state index contributed by atoms with van der Waals surface area (Å²) in [6, 6.07) is 11.1. The Morgan fingerprint density at radius 3 is 2.54 bits per heavy atom. The van der Waals surface area contributed by atoms with Gasteiger partial charge in [-0.15, -0.1) is 0 Å². The summed E-state index contributed by atoms with van der Waals surface area (Å²) in [6.45, 7) is 0.453. The zero-order chi connectivity index (χ0) is 17.1. The molecule has 0 spiro atoms. The maximum Gasteiger partial charge on any atom is 0.258 e. The van der Waals surface area contributed by atoms with E-state index in [1.807, 2.05) is 0 Å². The molecule has 2 aromatic carbocycles. The number of nitrogens with one attached hydrogen (secondary N) is 1. The molecule has 24 heavy (non-hydrogen) atoms. The highest BCUT2D eigenvalue weighted by molar-refractivity contribution is 6.02. The molecular weight excluding hydrogens is 311 g/mol. The van der Waals surface area contributed by atoms with Gasteiger partial charge in [0, 0.05) is 12.2 Å². The Bertz CT molecular complexity index is 761. The quantitative estimate of drug-likeness (QED) is 0.910. The van der Waals surface area contributed by atoms with E-state index < -0.39 is 6.04 Å². The van der Waals surface area contributed by atoms with Gasteiger partial charge in [-0.2, -0.15) is 0 Å². The molecule has 1 fully saturated rings. The Hall–Kier alpha value is -2.89. The van der Waals surface area contributed by atoms with Crippen molar-refractivity contribution in [1.82, 2.24) is 4.90 Å². The molecular formula is C18H17FN2O3. The number of aromatic hydroxyl groups is 1. The van der Waals surface area contributed by atoms with E-state index in [1.165, 1.54) is 41.3 Å². The number of carbonyl (C=O) groups is 2. The van der Waals surface area contributed by atoms with E-state index in [4.69, 9.17) is 0 Å². The molecule has 1 unspecified atom stereocenters. The third-order valence-electron chi connectivity index (χ3n) is 4.06. The highest BCUT2D eigenvalue weighted by Gasteiger charge is 2.35. The van der Waals surface area contributed by atoms with E-state index in [2.05, 4.69) is 5.32 Å². The molecule has 0 aromatic heterocycles. The number of halogens is 1. The van der Waals surface area contributed by atoms with E-state index in [9.17, 15) is 19.1 Å². The molecule has 2 aromatic rings. The van der Waals surface area contributed by atoms with Crippen molar-refractivity contribution in [3.05, 3.63) is 59.9 Å². The molecule has 1 aliphatic heterocycles. The van der Waals surface area contributed by atoms with Crippen LogP contribution >= 0.6 is 0 Å². The van der Waals surface area contributed by atoms with Crippen LogP contribution in [0.3, 0.4) is 0 Å². The fourth-order valence-electron chi connectivity index (χ4n) is 2.85. The van der Waals surface area contributed by atoms with Crippen LogP contribution in [0, 0.1) is 5.82 Å². The number of hydrogen-bond donors (Lipinski definition) is 2. The third kappa shape index (κ3) is 3.22. The minimum absolute atomic E-state index is 0.105. The Morgan fingerprint density at radius 2 is 1.83 bits per heavy atom. The lowest BCUT2D eigenvalue weighted by molar-refractivity contribution is -0.119. The lowest BCUT2D eigenvalue weighted by Gasteiger charge is -2.24. The lowest BCUT2D eigenvalue weighted by Crippen LogP contribution is -2.43. The highest BCUT2D eigenvalue weighted by Crippen LogP contribution is 2.25. The van der Waals surface area contributed by atoms with Crippen molar-refractivity contribution in [3.63, 3.8) is 0 Å². The van der Waals surface area contributed by atoms with Crippen molar-refractivity contribution < 1.29 is 19.1 Å². The molecule has 1 atom stereocenters. The maximum atomic E-state index is 12.9. The van der Waals surface area contributed by atoms with Crippen LogP contribution < -0.4 is 5.32 Å². The van der Waals surface area contributed by atoms with Crippen LogP contribution in [0.25, 0.3) is 0 Å². The van der Waals surface area contributed by atoms with Crippen LogP contribution in [0.4, 0.5) is 10.1 Å². The number of hydrogen-bond acceptors (Lipinski definition) is 3. The number of anilines is 1. The average molecular weight is 328 g/mol. The first-order valence-corrected chi connectivity index (χ1v) is 7.71. The molecule has 3 rings (SSSR count). The largest absolute Gasteiger partial charge is 0.507 e. The van der Waals surface area contributed by atoms with E-state index in [1.54, 1.807) is 12.1 Å². The standard InChI is InChI=1S/C18H17FN2O3/c19-12-7-9-13(10-8-12)20-17(23)15-5-3-11-21(15)18(24)14-4-1-2-6-16(14)22/h1-2,4,6-10,15,22H,3,5,11H2,(H,20,23). The summed E-state index contributed by atoms with van der Waals surface area (Å²) in [4.78, 5) is 26.6. The second kappa shape index (κ2) is 6.70. The second-order valence-electron chi connectivity index (χ2n) is 5.67. The van der Waals surface area contributed by atoms with Crippen molar-refractivity contribution in [1.29, 1.82) is 0 Å². The topological polar surface area (TPSA) is 69.6 Å². The van der Waals surface area contributed by atoms with Gasteiger partial charge in [0.25, 0.3) is 5.91 Å². The minimum atomic E-state index is -0.609. The molecule has 0 bridgehead atoms. The normalized spacial score (nSPS) is 16.9. The Labute approximate surface area is 138 Å². The molecule has 1 heterocycles. The van der Waals surface area contributed by atoms with Crippen LogP contribution in [-0.2, 0) is 4.79 Å². The number of nitrogens with zero attached hydrogens (tertiary/aromatic N) is 1. The fraction of sp³-hybridized carbons (Fsp3) is 0.222. The van der Waals surface area contributed by atoms with E-state index in [0.29, 0.717) is 25.1 Å². The van der Waals surface area contributed by atoms with Crippen LogP contribution in [0.5, 0.6) is 5.75 Å². The van der Waals surface area contributed by atoms with Gasteiger partial charge in [-0.05, 0) is 49.2 Å². The molecule has 1 saturated heterocycles. The zero-order valence-corrected chi connectivity index (χ0v) is 12.9. The van der Waals surface area contributed by atoms with Crippen molar-refractivity contribution in [3.8, 4) is 5.75 Å². The van der Waals surface area contributed by atoms with E-state index in [0.717, 1.165) is 0 Å². The number of carbonyl (C=O) groups excluding carboxylic acids is 2. The van der Waals surface area contributed by atoms with Crippen LogP contribution in [0.2, 0.25) is 0 Å². The number of rotatable bonds is 3. The number of phenols is 1.